The molecular weight excluding hydrogens is 664 g/mol. The fourth-order valence-electron chi connectivity index (χ4n) is 4.23. The molecule has 2 rings (SSSR count). The van der Waals surface area contributed by atoms with Crippen LogP contribution in [0.1, 0.15) is 158 Å². The minimum atomic E-state index is -0.473. The number of hydrogen-bond acceptors (Lipinski definition) is 6. The SMILES string of the molecule is CC(C)(C)[N]=[Mo]=[N]C(C)(C)C.CC(C)(C)c1cc(C=NCCN=Cc2cc(C(C)(C)C)cc(C(C)(C)C)c2O)c(O)c(C(C)(C)C)c1. The van der Waals surface area contributed by atoms with E-state index in [2.05, 4.69) is 154 Å². The summed E-state index contributed by atoms with van der Waals surface area (Å²) < 4.78 is 9.01. The van der Waals surface area contributed by atoms with Gasteiger partial charge >= 0.3 is 77.8 Å². The predicted octanol–water partition coefficient (Wildman–Crippen LogP) is 10.9. The number of nitrogens with zero attached hydrogens (tertiary/aromatic N) is 4. The first-order valence-electron chi connectivity index (χ1n) is 16.8. The second kappa shape index (κ2) is 15.9. The van der Waals surface area contributed by atoms with Crippen molar-refractivity contribution in [1.82, 2.24) is 0 Å². The van der Waals surface area contributed by atoms with Crippen molar-refractivity contribution in [2.24, 2.45) is 17.0 Å². The van der Waals surface area contributed by atoms with Gasteiger partial charge in [-0.25, -0.2) is 0 Å². The fourth-order valence-corrected chi connectivity index (χ4v) is 5.53. The quantitative estimate of drug-likeness (QED) is 0.182. The Hall–Kier alpha value is -2.33. The molecule has 264 valence electrons. The molecule has 0 amide bonds. The average Bonchev–Trinajstić information content (AvgIpc) is 2.83. The van der Waals surface area contributed by atoms with Crippen LogP contribution in [0.15, 0.2) is 41.2 Å². The topological polar surface area (TPSA) is 89.9 Å². The van der Waals surface area contributed by atoms with Crippen molar-refractivity contribution in [2.75, 3.05) is 13.1 Å². The summed E-state index contributed by atoms with van der Waals surface area (Å²) in [4.78, 5) is 9.11. The molecule has 0 aliphatic heterocycles. The number of phenolic OH excluding ortho intramolecular Hbond substituents is 2. The van der Waals surface area contributed by atoms with Crippen molar-refractivity contribution >= 4 is 12.4 Å². The normalized spacial score (nSPS) is 13.5. The molecular formula is C40H66MoN4O2. The third-order valence-electron chi connectivity index (χ3n) is 7.08. The maximum Gasteiger partial charge on any atom is 0.128 e. The zero-order valence-electron chi connectivity index (χ0n) is 33.0. The van der Waals surface area contributed by atoms with E-state index < -0.39 is 18.2 Å². The summed E-state index contributed by atoms with van der Waals surface area (Å²) in [7, 11) is 0. The molecule has 0 atom stereocenters. The van der Waals surface area contributed by atoms with Crippen molar-refractivity contribution in [2.45, 2.75) is 157 Å². The van der Waals surface area contributed by atoms with E-state index in [1.807, 2.05) is 12.1 Å². The number of hydrogen-bond donors (Lipinski definition) is 2. The van der Waals surface area contributed by atoms with Crippen LogP contribution < -0.4 is 0 Å². The maximum absolute atomic E-state index is 10.9. The minimum absolute atomic E-state index is 0.0317. The Morgan fingerprint density at radius 2 is 0.787 bits per heavy atom. The first-order chi connectivity index (χ1) is 20.9. The zero-order chi connectivity index (χ0) is 36.8. The molecule has 0 bridgehead atoms. The van der Waals surface area contributed by atoms with Crippen LogP contribution in [0.4, 0.5) is 0 Å². The molecule has 0 saturated heterocycles. The van der Waals surface area contributed by atoms with Gasteiger partial charge in [0.1, 0.15) is 11.5 Å². The summed E-state index contributed by atoms with van der Waals surface area (Å²) >= 11 is -0.473. The molecule has 0 aliphatic carbocycles. The summed E-state index contributed by atoms with van der Waals surface area (Å²) in [5.41, 5.74) is 5.49. The van der Waals surface area contributed by atoms with Crippen LogP contribution in [0, 0.1) is 0 Å². The molecule has 0 aliphatic rings. The summed E-state index contributed by atoms with van der Waals surface area (Å²) in [6, 6.07) is 8.28. The number of benzene rings is 2. The molecule has 0 aromatic heterocycles. The van der Waals surface area contributed by atoms with Gasteiger partial charge in [0.25, 0.3) is 0 Å². The van der Waals surface area contributed by atoms with Crippen LogP contribution >= 0.6 is 0 Å². The fraction of sp³-hybridized carbons (Fsp3) is 0.650. The van der Waals surface area contributed by atoms with Crippen molar-refractivity contribution in [3.8, 4) is 11.5 Å². The Balaban J connectivity index is 0.000000856. The number of aromatic hydroxyl groups is 2. The molecule has 2 N–H and O–H groups in total. The van der Waals surface area contributed by atoms with Crippen molar-refractivity contribution in [3.05, 3.63) is 57.6 Å². The maximum atomic E-state index is 10.9. The zero-order valence-corrected chi connectivity index (χ0v) is 35.0. The summed E-state index contributed by atoms with van der Waals surface area (Å²) in [5, 5.41) is 21.9. The van der Waals surface area contributed by atoms with Gasteiger partial charge in [0.2, 0.25) is 0 Å². The van der Waals surface area contributed by atoms with Gasteiger partial charge in [-0.15, -0.1) is 0 Å². The van der Waals surface area contributed by atoms with Crippen LogP contribution in [0.3, 0.4) is 0 Å². The van der Waals surface area contributed by atoms with Gasteiger partial charge < -0.3 is 10.2 Å². The molecule has 2 aromatic rings. The van der Waals surface area contributed by atoms with Crippen LogP contribution in [0.5, 0.6) is 11.5 Å². The monoisotopic (exact) mass is 732 g/mol. The summed E-state index contributed by atoms with van der Waals surface area (Å²) in [5.74, 6) is 0.586. The van der Waals surface area contributed by atoms with Crippen LogP contribution in [-0.4, -0.2) is 46.8 Å². The Labute approximate surface area is 296 Å². The van der Waals surface area contributed by atoms with Gasteiger partial charge in [-0.05, 0) is 44.9 Å². The Morgan fingerprint density at radius 3 is 1.02 bits per heavy atom. The van der Waals surface area contributed by atoms with Crippen molar-refractivity contribution < 1.29 is 28.4 Å². The van der Waals surface area contributed by atoms with Gasteiger partial charge in [0.05, 0.1) is 13.1 Å². The molecule has 6 nitrogen and oxygen atoms in total. The molecule has 0 unspecified atom stereocenters. The Kier molecular flexibility index (Phi) is 14.5. The number of phenols is 2. The van der Waals surface area contributed by atoms with Gasteiger partial charge in [-0.3, -0.25) is 9.98 Å². The molecule has 0 spiro atoms. The van der Waals surface area contributed by atoms with E-state index >= 15 is 0 Å². The van der Waals surface area contributed by atoms with E-state index in [-0.39, 0.29) is 32.7 Å². The van der Waals surface area contributed by atoms with E-state index in [1.54, 1.807) is 12.4 Å². The minimum Gasteiger partial charge on any atom is -0.507 e. The molecule has 2 aromatic carbocycles. The van der Waals surface area contributed by atoms with Gasteiger partial charge in [-0.2, -0.15) is 0 Å². The van der Waals surface area contributed by atoms with E-state index in [4.69, 9.17) is 0 Å². The Morgan fingerprint density at radius 1 is 0.489 bits per heavy atom. The molecule has 47 heavy (non-hydrogen) atoms. The van der Waals surface area contributed by atoms with Crippen molar-refractivity contribution in [1.29, 1.82) is 0 Å². The van der Waals surface area contributed by atoms with Gasteiger partial charge in [0.15, 0.2) is 0 Å². The summed E-state index contributed by atoms with van der Waals surface area (Å²) in [6.07, 6.45) is 3.51. The van der Waals surface area contributed by atoms with E-state index in [9.17, 15) is 10.2 Å². The van der Waals surface area contributed by atoms with E-state index in [1.165, 1.54) is 11.1 Å². The predicted molar refractivity (Wildman–Crippen MR) is 200 cm³/mol. The van der Waals surface area contributed by atoms with Crippen LogP contribution in [0.2, 0.25) is 0 Å². The first kappa shape index (κ1) is 42.7. The largest absolute Gasteiger partial charge is 0.507 e. The van der Waals surface area contributed by atoms with E-state index in [0.717, 1.165) is 22.3 Å². The number of aliphatic imine (C=N–C) groups is 2. The van der Waals surface area contributed by atoms with Gasteiger partial charge in [0, 0.05) is 34.7 Å². The first-order valence-corrected chi connectivity index (χ1v) is 18.6. The average molecular weight is 731 g/mol. The molecule has 0 fully saturated rings. The third-order valence-corrected chi connectivity index (χ3v) is 10.2. The molecule has 0 heterocycles. The molecule has 7 heteroatoms. The number of rotatable bonds is 5. The van der Waals surface area contributed by atoms with E-state index in [0.29, 0.717) is 24.6 Å². The second-order valence-corrected chi connectivity index (χ2v) is 19.9. The summed E-state index contributed by atoms with van der Waals surface area (Å²) in [6.45, 7) is 39.4. The van der Waals surface area contributed by atoms with Gasteiger partial charge in [-0.1, -0.05) is 95.2 Å². The van der Waals surface area contributed by atoms with Crippen LogP contribution in [-0.2, 0) is 39.9 Å². The smallest absolute Gasteiger partial charge is 0.128 e. The molecule has 0 saturated carbocycles. The van der Waals surface area contributed by atoms with Crippen molar-refractivity contribution in [3.63, 3.8) is 0 Å². The van der Waals surface area contributed by atoms with Crippen LogP contribution in [0.25, 0.3) is 0 Å². The molecule has 0 radical (unpaired) electrons. The Bertz CT molecular complexity index is 1360. The standard InChI is InChI=1S/C32H48N2O2.2C4H9N.Mo/c1-29(2,3)23-15-21(27(35)25(17-23)31(7,8)9)19-33-13-14-34-20-22-16-24(30(4,5)6)18-26(28(22)36)32(10,11)12;2*1-4(2,3)5;/h15-20,35-36H,13-14H2,1-12H3;2*1-3H3;. The second-order valence-electron chi connectivity index (χ2n) is 18.6. The third kappa shape index (κ3) is 15.2.